The number of fused-ring (bicyclic) bond motifs is 1. The molecule has 1 spiro atoms. The summed E-state index contributed by atoms with van der Waals surface area (Å²) in [5, 5.41) is 5.42. The Balaban J connectivity index is 1.10. The van der Waals surface area contributed by atoms with Crippen LogP contribution in [0.4, 0.5) is 10.7 Å². The molecule has 2 aliphatic carbocycles. The number of hydrogen-bond acceptors (Lipinski definition) is 8. The van der Waals surface area contributed by atoms with E-state index >= 15 is 0 Å². The van der Waals surface area contributed by atoms with Gasteiger partial charge in [0.15, 0.2) is 0 Å². The largest absolute Gasteiger partial charge is 0.444 e. The van der Waals surface area contributed by atoms with Crippen molar-refractivity contribution in [2.45, 2.75) is 90.7 Å². The maximum Gasteiger partial charge on any atom is 0.410 e. The summed E-state index contributed by atoms with van der Waals surface area (Å²) in [5.74, 6) is 2.23. The minimum absolute atomic E-state index is 0.00541. The van der Waals surface area contributed by atoms with E-state index in [0.717, 1.165) is 52.5 Å². The molecular weight excluding hydrogens is 602 g/mol. The van der Waals surface area contributed by atoms with Gasteiger partial charge in [0.2, 0.25) is 11.8 Å². The van der Waals surface area contributed by atoms with Gasteiger partial charge in [-0.1, -0.05) is 43.2 Å². The van der Waals surface area contributed by atoms with Gasteiger partial charge in [0.25, 0.3) is 0 Å². The zero-order valence-corrected chi connectivity index (χ0v) is 28.4. The maximum absolute atomic E-state index is 13.4. The van der Waals surface area contributed by atoms with Crippen LogP contribution in [0, 0.1) is 18.3 Å². The number of likely N-dealkylation sites (tertiary alicyclic amines) is 1. The topological polar surface area (TPSA) is 107 Å². The molecule has 9 heteroatoms. The lowest BCUT2D eigenvalue weighted by Crippen LogP contribution is -2.47. The first-order valence-electron chi connectivity index (χ1n) is 17.3. The number of anilines is 1. The van der Waals surface area contributed by atoms with E-state index in [2.05, 4.69) is 39.6 Å². The van der Waals surface area contributed by atoms with Crippen molar-refractivity contribution in [3.05, 3.63) is 72.1 Å². The number of nitrogens with one attached hydrogen (secondary N) is 1. The van der Waals surface area contributed by atoms with Crippen LogP contribution in [0.25, 0.3) is 22.0 Å². The number of nitrogens with zero attached hydrogens (tertiary/aromatic N) is 4. The molecule has 2 aromatic carbocycles. The summed E-state index contributed by atoms with van der Waals surface area (Å²) in [4.78, 5) is 41.8. The Kier molecular flexibility index (Phi) is 8.56. The fraction of sp³-hybridized carbons (Fsp3) is 0.462. The average Bonchev–Trinajstić information content (AvgIpc) is 3.57. The fourth-order valence-electron chi connectivity index (χ4n) is 7.65. The second-order valence-electron chi connectivity index (χ2n) is 14.8. The number of pyridine rings is 1. The predicted molar refractivity (Wildman–Crippen MR) is 186 cm³/mol. The van der Waals surface area contributed by atoms with E-state index in [4.69, 9.17) is 14.5 Å². The zero-order valence-electron chi connectivity index (χ0n) is 28.4. The summed E-state index contributed by atoms with van der Waals surface area (Å²) < 4.78 is 12.2. The second kappa shape index (κ2) is 12.8. The van der Waals surface area contributed by atoms with Crippen molar-refractivity contribution in [1.82, 2.24) is 19.9 Å². The highest BCUT2D eigenvalue weighted by Gasteiger charge is 2.57. The number of aromatic nitrogens is 3. The number of aryl methyl sites for hydroxylation is 1. The molecule has 1 saturated heterocycles. The Morgan fingerprint density at radius 3 is 2.62 bits per heavy atom. The lowest BCUT2D eigenvalue weighted by molar-refractivity contribution is -0.120. The molecular formula is C39H45N5O4. The molecule has 0 radical (unpaired) electrons. The molecule has 2 atom stereocenters. The monoisotopic (exact) mass is 647 g/mol. The number of ketones is 1. The third-order valence-corrected chi connectivity index (χ3v) is 10.1. The normalized spacial score (nSPS) is 20.1. The number of amides is 1. The number of carbonyl (C=O) groups excluding carboxylic acids is 2. The summed E-state index contributed by atoms with van der Waals surface area (Å²) in [6.07, 6.45) is 11.3. The van der Waals surface area contributed by atoms with Crippen LogP contribution in [-0.2, 0) is 16.0 Å². The van der Waals surface area contributed by atoms with Crippen LogP contribution in [0.5, 0.6) is 11.6 Å². The Morgan fingerprint density at radius 2 is 1.81 bits per heavy atom. The summed E-state index contributed by atoms with van der Waals surface area (Å²) in [6.45, 7) is 8.83. The first-order chi connectivity index (χ1) is 23.1. The first-order valence-corrected chi connectivity index (χ1v) is 17.3. The quantitative estimate of drug-likeness (QED) is 0.204. The van der Waals surface area contributed by atoms with Crippen molar-refractivity contribution in [1.29, 1.82) is 0 Å². The standard InChI is InChI=1S/C39H45N5O4/c1-25-14-15-28-26(22-33(45)31-23-39(31)17-5-6-18-39)10-7-12-29(28)34(25)47-35-30(13-8-19-40-35)32-16-20-41-36(43-32)42-27-11-9-21-44(24-27)37(46)48-38(2,3)4/h7-8,10,12-16,19-20,27,31H,5-6,9,11,17-18,21-24H2,1-4H3,(H,41,42,43)/t27-,31?/m0/s1. The van der Waals surface area contributed by atoms with Gasteiger partial charge in [-0.15, -0.1) is 0 Å². The second-order valence-corrected chi connectivity index (χ2v) is 14.8. The molecule has 250 valence electrons. The number of benzene rings is 2. The lowest BCUT2D eigenvalue weighted by Gasteiger charge is -2.34. The van der Waals surface area contributed by atoms with Crippen LogP contribution in [-0.4, -0.2) is 56.5 Å². The molecule has 1 amide bonds. The Bertz CT molecular complexity index is 1840. The van der Waals surface area contributed by atoms with Gasteiger partial charge in [0, 0.05) is 49.2 Å². The molecule has 48 heavy (non-hydrogen) atoms. The van der Waals surface area contributed by atoms with Gasteiger partial charge in [-0.25, -0.2) is 19.7 Å². The zero-order chi connectivity index (χ0) is 33.5. The highest BCUT2D eigenvalue weighted by molar-refractivity contribution is 5.96. The number of Topliss-reactive ketones (excluding diaryl/α,β-unsaturated/α-hetero) is 1. The fourth-order valence-corrected chi connectivity index (χ4v) is 7.65. The van der Waals surface area contributed by atoms with Crippen LogP contribution < -0.4 is 10.1 Å². The molecule has 1 aliphatic heterocycles. The summed E-state index contributed by atoms with van der Waals surface area (Å²) >= 11 is 0. The number of rotatable bonds is 8. The Morgan fingerprint density at radius 1 is 0.979 bits per heavy atom. The van der Waals surface area contributed by atoms with Crippen molar-refractivity contribution in [3.8, 4) is 22.9 Å². The third-order valence-electron chi connectivity index (χ3n) is 10.1. The van der Waals surface area contributed by atoms with E-state index < -0.39 is 5.60 Å². The molecule has 0 bridgehead atoms. The molecule has 2 saturated carbocycles. The number of ether oxygens (including phenoxy) is 2. The highest BCUT2D eigenvalue weighted by Crippen LogP contribution is 2.63. The smallest absolute Gasteiger partial charge is 0.410 e. The van der Waals surface area contributed by atoms with Gasteiger partial charge in [0.1, 0.15) is 17.1 Å². The highest BCUT2D eigenvalue weighted by atomic mass is 16.6. The van der Waals surface area contributed by atoms with Gasteiger partial charge >= 0.3 is 6.09 Å². The predicted octanol–water partition coefficient (Wildman–Crippen LogP) is 8.30. The third kappa shape index (κ3) is 6.73. The molecule has 4 aromatic rings. The van der Waals surface area contributed by atoms with Crippen molar-refractivity contribution in [2.75, 3.05) is 18.4 Å². The van der Waals surface area contributed by atoms with Crippen LogP contribution in [0.2, 0.25) is 0 Å². The molecule has 7 rings (SSSR count). The van der Waals surface area contributed by atoms with Gasteiger partial charge in [-0.2, -0.15) is 0 Å². The lowest BCUT2D eigenvalue weighted by atomic mass is 9.94. The van der Waals surface area contributed by atoms with Crippen LogP contribution >= 0.6 is 0 Å². The molecule has 1 N–H and O–H groups in total. The number of carbonyl (C=O) groups is 2. The molecule has 9 nitrogen and oxygen atoms in total. The number of piperidine rings is 1. The van der Waals surface area contributed by atoms with Crippen LogP contribution in [0.3, 0.4) is 0 Å². The van der Waals surface area contributed by atoms with Crippen molar-refractivity contribution in [3.63, 3.8) is 0 Å². The van der Waals surface area contributed by atoms with E-state index in [1.165, 1.54) is 25.7 Å². The number of hydrogen-bond donors (Lipinski definition) is 1. The summed E-state index contributed by atoms with van der Waals surface area (Å²) in [5.41, 5.74) is 3.19. The minimum Gasteiger partial charge on any atom is -0.444 e. The van der Waals surface area contributed by atoms with Crippen molar-refractivity contribution in [2.24, 2.45) is 11.3 Å². The van der Waals surface area contributed by atoms with E-state index in [1.54, 1.807) is 17.3 Å². The first kappa shape index (κ1) is 32.0. The van der Waals surface area contributed by atoms with E-state index in [0.29, 0.717) is 48.2 Å². The van der Waals surface area contributed by atoms with Gasteiger partial charge in [-0.3, -0.25) is 4.79 Å². The molecule has 3 aliphatic rings. The van der Waals surface area contributed by atoms with Gasteiger partial charge in [-0.05, 0) is 99.9 Å². The molecule has 2 aromatic heterocycles. The van der Waals surface area contributed by atoms with Gasteiger partial charge in [0.05, 0.1) is 11.3 Å². The SMILES string of the molecule is Cc1ccc2c(CC(=O)C3CC34CCCC4)cccc2c1Oc1ncccc1-c1ccnc(N[C@H]2CCCN(C(=O)OC(C)(C)C)C2)n1. The summed E-state index contributed by atoms with van der Waals surface area (Å²) in [7, 11) is 0. The molecule has 3 heterocycles. The van der Waals surface area contributed by atoms with E-state index in [-0.39, 0.29) is 18.1 Å². The minimum atomic E-state index is -0.543. The van der Waals surface area contributed by atoms with Crippen LogP contribution in [0.15, 0.2) is 60.9 Å². The van der Waals surface area contributed by atoms with Crippen LogP contribution in [0.1, 0.15) is 76.8 Å². The average molecular weight is 648 g/mol. The van der Waals surface area contributed by atoms with Gasteiger partial charge < -0.3 is 19.7 Å². The molecule has 3 fully saturated rings. The van der Waals surface area contributed by atoms with Crippen molar-refractivity contribution >= 4 is 28.6 Å². The Labute approximate surface area is 282 Å². The van der Waals surface area contributed by atoms with E-state index in [1.807, 2.05) is 52.0 Å². The molecule has 1 unspecified atom stereocenters. The maximum atomic E-state index is 13.4. The summed E-state index contributed by atoms with van der Waals surface area (Å²) in [6, 6.07) is 16.0. The van der Waals surface area contributed by atoms with E-state index in [9.17, 15) is 9.59 Å². The Hall–Kier alpha value is -4.53. The van der Waals surface area contributed by atoms with Crippen molar-refractivity contribution < 1.29 is 19.1 Å².